The van der Waals surface area contributed by atoms with Gasteiger partial charge in [0.25, 0.3) is 5.91 Å². The summed E-state index contributed by atoms with van der Waals surface area (Å²) in [5.74, 6) is 0.684. The summed E-state index contributed by atoms with van der Waals surface area (Å²) in [6, 6.07) is 3.68. The quantitative estimate of drug-likeness (QED) is 0.871. The van der Waals surface area contributed by atoms with Crippen LogP contribution >= 0.6 is 0 Å². The van der Waals surface area contributed by atoms with Crippen molar-refractivity contribution >= 4 is 11.7 Å². The molecule has 4 nitrogen and oxygen atoms in total. The lowest BCUT2D eigenvalue weighted by atomic mass is 9.89. The number of aromatic nitrogens is 1. The minimum Gasteiger partial charge on any atom is -0.373 e. The number of nitrogens with zero attached hydrogens (tertiary/aromatic N) is 1. The van der Waals surface area contributed by atoms with E-state index in [-0.39, 0.29) is 16.7 Å². The highest BCUT2D eigenvalue weighted by Crippen LogP contribution is 2.23. The van der Waals surface area contributed by atoms with E-state index in [4.69, 9.17) is 0 Å². The van der Waals surface area contributed by atoms with Gasteiger partial charge in [-0.05, 0) is 24.0 Å². The normalized spacial score (nSPS) is 12.1. The standard InChI is InChI=1S/C17H29N3O/c1-8-17(5,6)11-19-15(21)12-9-13(16(2,3)4)20-14(10-12)18-7/h9-10H,8,11H2,1-7H3,(H,18,20)(H,19,21). The van der Waals surface area contributed by atoms with Gasteiger partial charge in [-0.25, -0.2) is 4.98 Å². The lowest BCUT2D eigenvalue weighted by Crippen LogP contribution is -2.33. The van der Waals surface area contributed by atoms with E-state index in [1.807, 2.05) is 13.1 Å². The largest absolute Gasteiger partial charge is 0.373 e. The van der Waals surface area contributed by atoms with Crippen molar-refractivity contribution in [2.45, 2.75) is 53.4 Å². The van der Waals surface area contributed by atoms with Gasteiger partial charge in [0.2, 0.25) is 0 Å². The SMILES string of the molecule is CCC(C)(C)CNC(=O)c1cc(NC)nc(C(C)(C)C)c1. The van der Waals surface area contributed by atoms with Gasteiger partial charge in [-0.2, -0.15) is 0 Å². The summed E-state index contributed by atoms with van der Waals surface area (Å²) in [7, 11) is 1.82. The molecule has 0 spiro atoms. The first kappa shape index (κ1) is 17.5. The molecule has 0 bridgehead atoms. The van der Waals surface area contributed by atoms with E-state index in [1.165, 1.54) is 0 Å². The van der Waals surface area contributed by atoms with Crippen LogP contribution in [0.1, 0.15) is 64.0 Å². The van der Waals surface area contributed by atoms with E-state index in [1.54, 1.807) is 6.07 Å². The molecule has 0 aliphatic carbocycles. The van der Waals surface area contributed by atoms with Crippen LogP contribution in [0.15, 0.2) is 12.1 Å². The summed E-state index contributed by atoms with van der Waals surface area (Å²) in [4.78, 5) is 16.9. The second-order valence-electron chi connectivity index (χ2n) is 7.33. The van der Waals surface area contributed by atoms with E-state index in [0.717, 1.165) is 17.9 Å². The van der Waals surface area contributed by atoms with Crippen molar-refractivity contribution < 1.29 is 4.79 Å². The Bertz CT molecular complexity index is 501. The van der Waals surface area contributed by atoms with E-state index >= 15 is 0 Å². The average molecular weight is 291 g/mol. The van der Waals surface area contributed by atoms with Crippen LogP contribution in [0.4, 0.5) is 5.82 Å². The molecule has 4 heteroatoms. The van der Waals surface area contributed by atoms with Crippen LogP contribution in [0.3, 0.4) is 0 Å². The number of hydrogen-bond donors (Lipinski definition) is 2. The highest BCUT2D eigenvalue weighted by Gasteiger charge is 2.21. The van der Waals surface area contributed by atoms with Crippen molar-refractivity contribution in [2.75, 3.05) is 18.9 Å². The molecular formula is C17H29N3O. The topological polar surface area (TPSA) is 54.0 Å². The monoisotopic (exact) mass is 291 g/mol. The third-order valence-electron chi connectivity index (χ3n) is 3.80. The molecule has 0 aromatic carbocycles. The molecule has 1 rings (SSSR count). The second kappa shape index (κ2) is 6.46. The number of anilines is 1. The Kier molecular flexibility index (Phi) is 5.37. The third-order valence-corrected chi connectivity index (χ3v) is 3.80. The highest BCUT2D eigenvalue weighted by atomic mass is 16.1. The molecule has 0 radical (unpaired) electrons. The Morgan fingerprint density at radius 2 is 1.81 bits per heavy atom. The van der Waals surface area contributed by atoms with Gasteiger partial charge < -0.3 is 10.6 Å². The second-order valence-corrected chi connectivity index (χ2v) is 7.33. The molecule has 0 unspecified atom stereocenters. The van der Waals surface area contributed by atoms with Gasteiger partial charge in [0.05, 0.1) is 0 Å². The number of hydrogen-bond acceptors (Lipinski definition) is 3. The first-order valence-electron chi connectivity index (χ1n) is 7.57. The molecule has 0 fully saturated rings. The molecule has 1 heterocycles. The molecule has 21 heavy (non-hydrogen) atoms. The van der Waals surface area contributed by atoms with Crippen LogP contribution in [0.5, 0.6) is 0 Å². The summed E-state index contributed by atoms with van der Waals surface area (Å²) in [5, 5.41) is 6.05. The fourth-order valence-electron chi connectivity index (χ4n) is 1.72. The van der Waals surface area contributed by atoms with Gasteiger partial charge in [0, 0.05) is 30.3 Å². The zero-order chi connectivity index (χ0) is 16.3. The fourth-order valence-corrected chi connectivity index (χ4v) is 1.72. The maximum Gasteiger partial charge on any atom is 0.251 e. The predicted molar refractivity (Wildman–Crippen MR) is 88.9 cm³/mol. The fraction of sp³-hybridized carbons (Fsp3) is 0.647. The molecule has 0 aliphatic heterocycles. The van der Waals surface area contributed by atoms with Gasteiger partial charge in [0.1, 0.15) is 5.82 Å². The molecule has 0 aliphatic rings. The van der Waals surface area contributed by atoms with E-state index in [9.17, 15) is 4.79 Å². The molecule has 2 N–H and O–H groups in total. The first-order valence-corrected chi connectivity index (χ1v) is 7.57. The zero-order valence-electron chi connectivity index (χ0n) is 14.4. The number of carbonyl (C=O) groups excluding carboxylic acids is 1. The van der Waals surface area contributed by atoms with Crippen molar-refractivity contribution in [3.8, 4) is 0 Å². The maximum absolute atomic E-state index is 12.4. The molecule has 1 aromatic heterocycles. The summed E-state index contributed by atoms with van der Waals surface area (Å²) < 4.78 is 0. The number of rotatable bonds is 5. The lowest BCUT2D eigenvalue weighted by Gasteiger charge is -2.23. The van der Waals surface area contributed by atoms with Crippen molar-refractivity contribution in [1.82, 2.24) is 10.3 Å². The van der Waals surface area contributed by atoms with Crippen LogP contribution in [0.25, 0.3) is 0 Å². The summed E-state index contributed by atoms with van der Waals surface area (Å²) in [5.41, 5.74) is 1.59. The van der Waals surface area contributed by atoms with Gasteiger partial charge in [-0.3, -0.25) is 4.79 Å². The average Bonchev–Trinajstić information content (AvgIpc) is 2.43. The van der Waals surface area contributed by atoms with Crippen LogP contribution in [-0.2, 0) is 5.41 Å². The minimum absolute atomic E-state index is 0.0408. The number of carbonyl (C=O) groups is 1. The van der Waals surface area contributed by atoms with Crippen LogP contribution in [0.2, 0.25) is 0 Å². The number of amides is 1. The van der Waals surface area contributed by atoms with Gasteiger partial charge >= 0.3 is 0 Å². The van der Waals surface area contributed by atoms with Crippen molar-refractivity contribution in [2.24, 2.45) is 5.41 Å². The predicted octanol–water partition coefficient (Wildman–Crippen LogP) is 3.59. The van der Waals surface area contributed by atoms with Crippen LogP contribution < -0.4 is 10.6 Å². The summed E-state index contributed by atoms with van der Waals surface area (Å²) in [6.07, 6.45) is 1.03. The van der Waals surface area contributed by atoms with E-state index in [0.29, 0.717) is 12.1 Å². The smallest absolute Gasteiger partial charge is 0.251 e. The molecule has 0 saturated heterocycles. The Labute approximate surface area is 128 Å². The van der Waals surface area contributed by atoms with Crippen molar-refractivity contribution in [3.05, 3.63) is 23.4 Å². The zero-order valence-corrected chi connectivity index (χ0v) is 14.4. The highest BCUT2D eigenvalue weighted by molar-refractivity contribution is 5.95. The molecule has 0 atom stereocenters. The third kappa shape index (κ3) is 5.03. The molecule has 1 aromatic rings. The Morgan fingerprint density at radius 3 is 2.29 bits per heavy atom. The number of pyridine rings is 1. The molecular weight excluding hydrogens is 262 g/mol. The maximum atomic E-state index is 12.4. The van der Waals surface area contributed by atoms with Crippen LogP contribution in [0, 0.1) is 5.41 Å². The first-order chi connectivity index (χ1) is 9.59. The van der Waals surface area contributed by atoms with E-state index < -0.39 is 0 Å². The number of nitrogens with one attached hydrogen (secondary N) is 2. The summed E-state index contributed by atoms with van der Waals surface area (Å²) in [6.45, 7) is 13.4. The van der Waals surface area contributed by atoms with Gasteiger partial charge in [0.15, 0.2) is 0 Å². The van der Waals surface area contributed by atoms with Crippen molar-refractivity contribution in [3.63, 3.8) is 0 Å². The Hall–Kier alpha value is -1.58. The molecule has 0 saturated carbocycles. The Balaban J connectivity index is 2.99. The van der Waals surface area contributed by atoms with Gasteiger partial charge in [-0.15, -0.1) is 0 Å². The van der Waals surface area contributed by atoms with Gasteiger partial charge in [-0.1, -0.05) is 41.5 Å². The van der Waals surface area contributed by atoms with Crippen LogP contribution in [-0.4, -0.2) is 24.5 Å². The minimum atomic E-state index is -0.0927. The lowest BCUT2D eigenvalue weighted by molar-refractivity contribution is 0.0935. The van der Waals surface area contributed by atoms with E-state index in [2.05, 4.69) is 57.2 Å². The van der Waals surface area contributed by atoms with Crippen molar-refractivity contribution in [1.29, 1.82) is 0 Å². The Morgan fingerprint density at radius 1 is 1.19 bits per heavy atom. The molecule has 1 amide bonds. The summed E-state index contributed by atoms with van der Waals surface area (Å²) >= 11 is 0. The molecule has 118 valence electrons.